The molecule has 9 heteroatoms. The van der Waals surface area contributed by atoms with Crippen molar-refractivity contribution in [2.45, 2.75) is 20.0 Å². The van der Waals surface area contributed by atoms with E-state index in [-0.39, 0.29) is 35.7 Å². The number of aromatic nitrogens is 4. The Bertz CT molecular complexity index is 1420. The van der Waals surface area contributed by atoms with Crippen molar-refractivity contribution in [1.29, 1.82) is 0 Å². The highest BCUT2D eigenvalue weighted by molar-refractivity contribution is 5.96. The zero-order chi connectivity index (χ0) is 22.1. The lowest BCUT2D eigenvalue weighted by molar-refractivity contribution is 0.0973. The summed E-state index contributed by atoms with van der Waals surface area (Å²) in [7, 11) is 1.51. The maximum atomic E-state index is 13.8. The molecule has 0 saturated heterocycles. The first-order valence-corrected chi connectivity index (χ1v) is 9.58. The average Bonchev–Trinajstić information content (AvgIpc) is 3.17. The smallest absolute Gasteiger partial charge is 0.337 e. The molecule has 0 amide bonds. The van der Waals surface area contributed by atoms with Crippen LogP contribution < -0.4 is 16.0 Å². The van der Waals surface area contributed by atoms with Crippen LogP contribution in [0.2, 0.25) is 0 Å². The predicted octanol–water partition coefficient (Wildman–Crippen LogP) is 2.40. The van der Waals surface area contributed by atoms with Crippen molar-refractivity contribution in [2.75, 3.05) is 7.11 Å². The van der Waals surface area contributed by atoms with Crippen molar-refractivity contribution in [3.8, 4) is 11.4 Å². The van der Waals surface area contributed by atoms with E-state index in [0.29, 0.717) is 11.3 Å². The maximum Gasteiger partial charge on any atom is 0.337 e. The van der Waals surface area contributed by atoms with Crippen LogP contribution in [0.15, 0.2) is 64.4 Å². The number of Topliss-reactive ketones (excluding diaryl/α,β-unsaturated/α-hetero) is 1. The van der Waals surface area contributed by atoms with Gasteiger partial charge in [0.15, 0.2) is 16.9 Å². The minimum absolute atomic E-state index is 0.0590. The SMILES string of the molecule is CCn1c(=O)c2c(ncn2CC(=O)c2cccc(OC)c2)n(-c2cccc(F)c2)c1=O. The van der Waals surface area contributed by atoms with Crippen molar-refractivity contribution >= 4 is 16.9 Å². The number of hydrogen-bond donors (Lipinski definition) is 0. The number of ether oxygens (including phenoxy) is 1. The summed E-state index contributed by atoms with van der Waals surface area (Å²) < 4.78 is 22.6. The Kier molecular flexibility index (Phi) is 5.24. The Morgan fingerprint density at radius 3 is 2.61 bits per heavy atom. The van der Waals surface area contributed by atoms with Gasteiger partial charge in [0, 0.05) is 12.1 Å². The van der Waals surface area contributed by atoms with Gasteiger partial charge in [-0.15, -0.1) is 0 Å². The third kappa shape index (κ3) is 3.54. The van der Waals surface area contributed by atoms with Crippen molar-refractivity contribution in [2.24, 2.45) is 0 Å². The van der Waals surface area contributed by atoms with E-state index < -0.39 is 17.1 Å². The summed E-state index contributed by atoms with van der Waals surface area (Å²) in [5.74, 6) is -0.252. The van der Waals surface area contributed by atoms with Crippen LogP contribution in [0, 0.1) is 5.82 Å². The maximum absolute atomic E-state index is 13.8. The zero-order valence-corrected chi connectivity index (χ0v) is 16.9. The highest BCUT2D eigenvalue weighted by Gasteiger charge is 2.20. The number of nitrogens with zero attached hydrogens (tertiary/aromatic N) is 4. The highest BCUT2D eigenvalue weighted by Crippen LogP contribution is 2.17. The van der Waals surface area contributed by atoms with E-state index in [9.17, 15) is 18.8 Å². The standard InChI is InChI=1S/C22H19FN4O4/c1-3-26-21(29)19-20(27(22(26)30)16-8-5-7-15(23)11-16)24-13-25(19)12-18(28)14-6-4-9-17(10-14)31-2/h4-11,13H,3,12H2,1-2H3. The van der Waals surface area contributed by atoms with Crippen LogP contribution in [0.5, 0.6) is 5.75 Å². The molecule has 8 nitrogen and oxygen atoms in total. The number of carbonyl (C=O) groups is 1. The number of halogens is 1. The van der Waals surface area contributed by atoms with Gasteiger partial charge in [0.1, 0.15) is 11.6 Å². The number of benzene rings is 2. The molecule has 2 heterocycles. The molecular formula is C22H19FN4O4. The Morgan fingerprint density at radius 1 is 1.13 bits per heavy atom. The molecule has 0 bridgehead atoms. The molecular weight excluding hydrogens is 403 g/mol. The second kappa shape index (κ2) is 8.02. The first kappa shape index (κ1) is 20.3. The second-order valence-corrected chi connectivity index (χ2v) is 6.85. The van der Waals surface area contributed by atoms with Gasteiger partial charge < -0.3 is 9.30 Å². The van der Waals surface area contributed by atoms with Gasteiger partial charge in [0.2, 0.25) is 0 Å². The largest absolute Gasteiger partial charge is 0.497 e. The average molecular weight is 422 g/mol. The van der Waals surface area contributed by atoms with Crippen LogP contribution in [-0.4, -0.2) is 31.6 Å². The minimum Gasteiger partial charge on any atom is -0.497 e. The Labute approximate surface area is 175 Å². The summed E-state index contributed by atoms with van der Waals surface area (Å²) in [4.78, 5) is 43.0. The lowest BCUT2D eigenvalue weighted by Gasteiger charge is -2.11. The Hall–Kier alpha value is -4.01. The van der Waals surface area contributed by atoms with E-state index in [0.717, 1.165) is 4.57 Å². The fourth-order valence-electron chi connectivity index (χ4n) is 3.47. The summed E-state index contributed by atoms with van der Waals surface area (Å²) in [6, 6.07) is 12.1. The van der Waals surface area contributed by atoms with Crippen LogP contribution >= 0.6 is 0 Å². The number of fused-ring (bicyclic) bond motifs is 1. The van der Waals surface area contributed by atoms with E-state index in [1.165, 1.54) is 40.8 Å². The second-order valence-electron chi connectivity index (χ2n) is 6.85. The fourth-order valence-corrected chi connectivity index (χ4v) is 3.47. The molecule has 0 aliphatic carbocycles. The van der Waals surface area contributed by atoms with E-state index in [1.807, 2.05) is 0 Å². The summed E-state index contributed by atoms with van der Waals surface area (Å²) >= 11 is 0. The molecule has 4 rings (SSSR count). The van der Waals surface area contributed by atoms with Gasteiger partial charge >= 0.3 is 5.69 Å². The molecule has 0 N–H and O–H groups in total. The van der Waals surface area contributed by atoms with Gasteiger partial charge in [0.05, 0.1) is 25.7 Å². The first-order valence-electron chi connectivity index (χ1n) is 9.58. The summed E-state index contributed by atoms with van der Waals surface area (Å²) in [5.41, 5.74) is -0.399. The number of methoxy groups -OCH3 is 1. The molecule has 2 aromatic heterocycles. The molecule has 2 aromatic carbocycles. The monoisotopic (exact) mass is 422 g/mol. The van der Waals surface area contributed by atoms with Crippen molar-refractivity contribution in [1.82, 2.24) is 18.7 Å². The van der Waals surface area contributed by atoms with E-state index in [1.54, 1.807) is 37.3 Å². The zero-order valence-electron chi connectivity index (χ0n) is 16.9. The van der Waals surface area contributed by atoms with Gasteiger partial charge in [0.25, 0.3) is 5.56 Å². The van der Waals surface area contributed by atoms with Crippen LogP contribution in [0.3, 0.4) is 0 Å². The highest BCUT2D eigenvalue weighted by atomic mass is 19.1. The molecule has 0 aliphatic rings. The third-order valence-electron chi connectivity index (χ3n) is 4.99. The minimum atomic E-state index is -0.630. The molecule has 0 radical (unpaired) electrons. The summed E-state index contributed by atoms with van der Waals surface area (Å²) in [5, 5.41) is 0. The number of ketones is 1. The Morgan fingerprint density at radius 2 is 1.90 bits per heavy atom. The number of imidazole rings is 1. The van der Waals surface area contributed by atoms with Crippen molar-refractivity contribution in [3.63, 3.8) is 0 Å². The topological polar surface area (TPSA) is 88.1 Å². The van der Waals surface area contributed by atoms with E-state index in [4.69, 9.17) is 4.74 Å². The van der Waals surface area contributed by atoms with Gasteiger partial charge in [-0.05, 0) is 37.3 Å². The molecule has 0 fully saturated rings. The van der Waals surface area contributed by atoms with Crippen molar-refractivity contribution in [3.05, 3.63) is 87.1 Å². The summed E-state index contributed by atoms with van der Waals surface area (Å²) in [6.45, 7) is 1.61. The van der Waals surface area contributed by atoms with Crippen molar-refractivity contribution < 1.29 is 13.9 Å². The first-order chi connectivity index (χ1) is 14.9. The fraction of sp³-hybridized carbons (Fsp3) is 0.182. The van der Waals surface area contributed by atoms with Gasteiger partial charge in [-0.25, -0.2) is 18.7 Å². The number of hydrogen-bond acceptors (Lipinski definition) is 5. The number of rotatable bonds is 6. The molecule has 0 unspecified atom stereocenters. The van der Waals surface area contributed by atoms with Gasteiger partial charge in [-0.2, -0.15) is 0 Å². The number of carbonyl (C=O) groups excluding carboxylic acids is 1. The molecule has 0 spiro atoms. The summed E-state index contributed by atoms with van der Waals surface area (Å²) in [6.07, 6.45) is 1.33. The predicted molar refractivity (Wildman–Crippen MR) is 113 cm³/mol. The third-order valence-corrected chi connectivity index (χ3v) is 4.99. The lowest BCUT2D eigenvalue weighted by Crippen LogP contribution is -2.39. The molecule has 0 atom stereocenters. The van der Waals surface area contributed by atoms with E-state index in [2.05, 4.69) is 4.98 Å². The normalized spacial score (nSPS) is 11.1. The van der Waals surface area contributed by atoms with Crippen LogP contribution in [0.25, 0.3) is 16.9 Å². The molecule has 158 valence electrons. The van der Waals surface area contributed by atoms with E-state index >= 15 is 0 Å². The molecule has 4 aromatic rings. The van der Waals surface area contributed by atoms with Crippen LogP contribution in [-0.2, 0) is 13.1 Å². The van der Waals surface area contributed by atoms with Gasteiger partial charge in [-0.3, -0.25) is 14.2 Å². The van der Waals surface area contributed by atoms with Crippen LogP contribution in [0.1, 0.15) is 17.3 Å². The molecule has 0 saturated carbocycles. The quantitative estimate of drug-likeness (QED) is 0.445. The Balaban J connectivity index is 1.89. The lowest BCUT2D eigenvalue weighted by atomic mass is 10.1. The van der Waals surface area contributed by atoms with Crippen LogP contribution in [0.4, 0.5) is 4.39 Å². The molecule has 0 aliphatic heterocycles. The van der Waals surface area contributed by atoms with Gasteiger partial charge in [-0.1, -0.05) is 18.2 Å². The molecule has 31 heavy (non-hydrogen) atoms.